The van der Waals surface area contributed by atoms with Crippen molar-refractivity contribution >= 4 is 35.4 Å². The molecule has 8 nitrogen and oxygen atoms in total. The molecule has 3 atom stereocenters. The van der Waals surface area contributed by atoms with Gasteiger partial charge in [-0.25, -0.2) is 4.79 Å². The zero-order valence-electron chi connectivity index (χ0n) is 16.2. The third kappa shape index (κ3) is 3.68. The second kappa shape index (κ2) is 8.40. The van der Waals surface area contributed by atoms with Gasteiger partial charge < -0.3 is 14.9 Å². The highest BCUT2D eigenvalue weighted by Crippen LogP contribution is 2.32. The minimum atomic E-state index is -1.27. The molecule has 0 radical (unpaired) electrons. The molecule has 2 aliphatic rings. The Bertz CT molecular complexity index is 774. The highest BCUT2D eigenvalue weighted by Gasteiger charge is 2.52. The number of piperazine rings is 1. The van der Waals surface area contributed by atoms with Crippen LogP contribution in [0.5, 0.6) is 0 Å². The highest BCUT2D eigenvalue weighted by atomic mass is 32.2. The van der Waals surface area contributed by atoms with E-state index in [9.17, 15) is 19.5 Å². The summed E-state index contributed by atoms with van der Waals surface area (Å²) >= 11 is 1.58. The molecule has 0 saturated carbocycles. The molecule has 1 unspecified atom stereocenters. The van der Waals surface area contributed by atoms with E-state index in [0.717, 1.165) is 10.6 Å². The topological polar surface area (TPSA) is 90.4 Å². The number of amides is 3. The van der Waals surface area contributed by atoms with E-state index in [1.54, 1.807) is 23.6 Å². The van der Waals surface area contributed by atoms with Gasteiger partial charge in [0.15, 0.2) is 12.3 Å². The molecule has 2 heterocycles. The summed E-state index contributed by atoms with van der Waals surface area (Å²) in [7, 11) is 0. The fourth-order valence-electron chi connectivity index (χ4n) is 3.70. The van der Waals surface area contributed by atoms with Gasteiger partial charge in [0.1, 0.15) is 6.04 Å². The van der Waals surface area contributed by atoms with Crippen molar-refractivity contribution < 1.29 is 24.3 Å². The van der Waals surface area contributed by atoms with Gasteiger partial charge in [-0.3, -0.25) is 14.4 Å². The van der Waals surface area contributed by atoms with Gasteiger partial charge in [-0.05, 0) is 49.5 Å². The number of rotatable bonds is 5. The third-order valence-corrected chi connectivity index (χ3v) is 5.71. The second-order valence-electron chi connectivity index (χ2n) is 6.92. The van der Waals surface area contributed by atoms with Gasteiger partial charge in [0.25, 0.3) is 5.91 Å². The third-order valence-electron chi connectivity index (χ3n) is 5.06. The Morgan fingerprint density at radius 2 is 2.07 bits per heavy atom. The number of aryl methyl sites for hydroxylation is 1. The Balaban J connectivity index is 2.03. The molecule has 1 aromatic carbocycles. The maximum Gasteiger partial charge on any atom is 0.433 e. The number of hydrogen-bond acceptors (Lipinski definition) is 5. The lowest BCUT2D eigenvalue weighted by molar-refractivity contribution is -0.257. The van der Waals surface area contributed by atoms with Crippen LogP contribution in [0.15, 0.2) is 24.3 Å². The molecule has 2 saturated heterocycles. The molecule has 152 valence electrons. The van der Waals surface area contributed by atoms with Crippen LogP contribution in [0, 0.1) is 6.92 Å². The number of carbonyl (C=O) groups excluding carboxylic acids is 2. The van der Waals surface area contributed by atoms with Crippen LogP contribution < -0.4 is 4.90 Å². The van der Waals surface area contributed by atoms with Crippen molar-refractivity contribution in [2.45, 2.75) is 45.0 Å². The summed E-state index contributed by atoms with van der Waals surface area (Å²) in [5, 5.41) is 10.5. The standard InChI is InChI=1S/C19H25N3O5S/c1-4-15-18(24)21-14(8-9-28-3)17(23)20(13-7-5-6-12(2)10-13)11-16(21)22(27-15)19(25)26/h5-7,10,14-16H,4,8-9,11H2,1-3H3,(H,25,26)/t14-,15+,16?/m0/s1. The summed E-state index contributed by atoms with van der Waals surface area (Å²) in [4.78, 5) is 46.6. The molecule has 1 aromatic rings. The van der Waals surface area contributed by atoms with Gasteiger partial charge in [-0.1, -0.05) is 19.1 Å². The Morgan fingerprint density at radius 3 is 2.68 bits per heavy atom. The van der Waals surface area contributed by atoms with Crippen LogP contribution in [0.3, 0.4) is 0 Å². The predicted molar refractivity (Wildman–Crippen MR) is 106 cm³/mol. The number of carbonyl (C=O) groups is 3. The Hall–Kier alpha value is -2.26. The van der Waals surface area contributed by atoms with Crippen LogP contribution >= 0.6 is 11.8 Å². The Labute approximate surface area is 168 Å². The molecule has 9 heteroatoms. The van der Waals surface area contributed by atoms with Crippen molar-refractivity contribution in [1.29, 1.82) is 0 Å². The summed E-state index contributed by atoms with van der Waals surface area (Å²) in [6.45, 7) is 3.72. The average molecular weight is 407 g/mol. The molecule has 3 rings (SSSR count). The minimum Gasteiger partial charge on any atom is -0.463 e. The zero-order chi connectivity index (χ0) is 20.4. The van der Waals surface area contributed by atoms with E-state index >= 15 is 0 Å². The first-order valence-electron chi connectivity index (χ1n) is 9.27. The smallest absolute Gasteiger partial charge is 0.433 e. The molecule has 0 aromatic heterocycles. The number of thioether (sulfide) groups is 1. The lowest BCUT2D eigenvalue weighted by Crippen LogP contribution is -2.73. The fraction of sp³-hybridized carbons (Fsp3) is 0.526. The predicted octanol–water partition coefficient (Wildman–Crippen LogP) is 2.32. The molecular formula is C19H25N3O5S. The van der Waals surface area contributed by atoms with Crippen molar-refractivity contribution in [1.82, 2.24) is 9.96 Å². The van der Waals surface area contributed by atoms with Gasteiger partial charge in [0.2, 0.25) is 5.91 Å². The second-order valence-corrected chi connectivity index (χ2v) is 7.91. The molecular weight excluding hydrogens is 382 g/mol. The van der Waals surface area contributed by atoms with Gasteiger partial charge >= 0.3 is 6.09 Å². The number of anilines is 1. The van der Waals surface area contributed by atoms with Crippen LogP contribution in [0.4, 0.5) is 10.5 Å². The van der Waals surface area contributed by atoms with E-state index in [0.29, 0.717) is 24.3 Å². The first-order valence-corrected chi connectivity index (χ1v) is 10.7. The highest BCUT2D eigenvalue weighted by molar-refractivity contribution is 7.98. The Morgan fingerprint density at radius 1 is 1.32 bits per heavy atom. The van der Waals surface area contributed by atoms with E-state index in [1.807, 2.05) is 37.4 Å². The maximum absolute atomic E-state index is 13.3. The molecule has 2 fully saturated rings. The summed E-state index contributed by atoms with van der Waals surface area (Å²) in [6.07, 6.45) is -0.336. The summed E-state index contributed by atoms with van der Waals surface area (Å²) in [5.74, 6) is 0.166. The monoisotopic (exact) mass is 407 g/mol. The van der Waals surface area contributed by atoms with Gasteiger partial charge in [-0.15, -0.1) is 0 Å². The molecule has 0 bridgehead atoms. The van der Waals surface area contributed by atoms with Crippen molar-refractivity contribution in [3.8, 4) is 0 Å². The molecule has 2 aliphatic heterocycles. The summed E-state index contributed by atoms with van der Waals surface area (Å²) in [6, 6.07) is 6.76. The van der Waals surface area contributed by atoms with Crippen LogP contribution in [0.2, 0.25) is 0 Å². The van der Waals surface area contributed by atoms with Gasteiger partial charge in [0, 0.05) is 5.69 Å². The van der Waals surface area contributed by atoms with Crippen LogP contribution in [0.25, 0.3) is 0 Å². The van der Waals surface area contributed by atoms with E-state index < -0.39 is 24.4 Å². The van der Waals surface area contributed by atoms with E-state index in [4.69, 9.17) is 4.84 Å². The molecule has 3 amide bonds. The summed E-state index contributed by atoms with van der Waals surface area (Å²) < 4.78 is 0. The van der Waals surface area contributed by atoms with Crippen LogP contribution in [-0.4, -0.2) is 69.8 Å². The molecule has 28 heavy (non-hydrogen) atoms. The van der Waals surface area contributed by atoms with E-state index in [-0.39, 0.29) is 18.4 Å². The van der Waals surface area contributed by atoms with Crippen molar-refractivity contribution in [3.63, 3.8) is 0 Å². The maximum atomic E-state index is 13.3. The Kier molecular flexibility index (Phi) is 6.14. The van der Waals surface area contributed by atoms with Crippen LogP contribution in [0.1, 0.15) is 25.3 Å². The average Bonchev–Trinajstić information content (AvgIpc) is 2.67. The zero-order valence-corrected chi connectivity index (χ0v) is 17.0. The lowest BCUT2D eigenvalue weighted by Gasteiger charge is -2.52. The number of nitrogens with zero attached hydrogens (tertiary/aromatic N) is 3. The van der Waals surface area contributed by atoms with E-state index in [1.165, 1.54) is 4.90 Å². The molecule has 0 spiro atoms. The fourth-order valence-corrected chi connectivity index (χ4v) is 4.16. The lowest BCUT2D eigenvalue weighted by atomic mass is 10.0. The normalized spacial score (nSPS) is 25.1. The van der Waals surface area contributed by atoms with Crippen molar-refractivity contribution in [3.05, 3.63) is 29.8 Å². The number of carboxylic acid groups (broad SMARTS) is 1. The first kappa shape index (κ1) is 20.5. The molecule has 0 aliphatic carbocycles. The number of hydroxylamine groups is 2. The van der Waals surface area contributed by atoms with E-state index in [2.05, 4.69) is 0 Å². The quantitative estimate of drug-likeness (QED) is 0.806. The minimum absolute atomic E-state index is 0.0343. The summed E-state index contributed by atoms with van der Waals surface area (Å²) in [5.41, 5.74) is 1.68. The number of fused-ring (bicyclic) bond motifs is 1. The SMILES string of the molecule is CC[C@H]1ON(C(=O)O)C2CN(c3cccc(C)c3)C(=O)[C@H](CCSC)N2C1=O. The van der Waals surface area contributed by atoms with Crippen molar-refractivity contribution in [2.24, 2.45) is 0 Å². The van der Waals surface area contributed by atoms with Crippen LogP contribution in [-0.2, 0) is 14.4 Å². The van der Waals surface area contributed by atoms with Gasteiger partial charge in [-0.2, -0.15) is 16.8 Å². The van der Waals surface area contributed by atoms with Gasteiger partial charge in [0.05, 0.1) is 6.54 Å². The number of hydrogen-bond donors (Lipinski definition) is 1. The van der Waals surface area contributed by atoms with Crippen molar-refractivity contribution in [2.75, 3.05) is 23.5 Å². The first-order chi connectivity index (χ1) is 13.4. The largest absolute Gasteiger partial charge is 0.463 e. The molecule has 1 N–H and O–H groups in total. The number of benzene rings is 1.